The van der Waals surface area contributed by atoms with Crippen molar-refractivity contribution in [3.05, 3.63) is 23.8 Å². The van der Waals surface area contributed by atoms with Crippen molar-refractivity contribution in [1.29, 1.82) is 0 Å². The number of rotatable bonds is 4. The zero-order chi connectivity index (χ0) is 10.6. The number of hydrogen-bond donors (Lipinski definition) is 3. The maximum absolute atomic E-state index is 9.61. The zero-order valence-electron chi connectivity index (χ0n) is 8.10. The van der Waals surface area contributed by atoms with E-state index in [1.54, 1.807) is 12.1 Å². The van der Waals surface area contributed by atoms with Gasteiger partial charge in [0.1, 0.15) is 11.5 Å². The lowest BCUT2D eigenvalue weighted by atomic mass is 9.99. The van der Waals surface area contributed by atoms with E-state index in [9.17, 15) is 5.11 Å². The molecular formula is C10H15NO3. The number of aliphatic hydroxyl groups is 1. The van der Waals surface area contributed by atoms with Crippen LogP contribution in [0.25, 0.3) is 0 Å². The maximum atomic E-state index is 9.61. The molecule has 4 N–H and O–H groups in total. The van der Waals surface area contributed by atoms with Gasteiger partial charge in [0.25, 0.3) is 0 Å². The molecule has 1 rings (SSSR count). The lowest BCUT2D eigenvalue weighted by molar-refractivity contribution is 0.265. The zero-order valence-corrected chi connectivity index (χ0v) is 8.10. The Bertz CT molecular complexity index is 297. The average molecular weight is 197 g/mol. The molecule has 0 aliphatic carbocycles. The molecule has 0 aliphatic rings. The summed E-state index contributed by atoms with van der Waals surface area (Å²) < 4.78 is 4.94. The second-order valence-electron chi connectivity index (χ2n) is 3.04. The van der Waals surface area contributed by atoms with Gasteiger partial charge >= 0.3 is 0 Å². The van der Waals surface area contributed by atoms with Gasteiger partial charge in [0.15, 0.2) is 0 Å². The molecule has 0 bridgehead atoms. The molecule has 0 saturated heterocycles. The lowest BCUT2D eigenvalue weighted by Gasteiger charge is -2.14. The molecule has 0 fully saturated rings. The Labute approximate surface area is 82.9 Å². The fourth-order valence-electron chi connectivity index (χ4n) is 1.30. The van der Waals surface area contributed by atoms with E-state index >= 15 is 0 Å². The lowest BCUT2D eigenvalue weighted by Crippen LogP contribution is -2.16. The van der Waals surface area contributed by atoms with Crippen molar-refractivity contribution in [2.45, 2.75) is 5.92 Å². The second-order valence-corrected chi connectivity index (χ2v) is 3.04. The van der Waals surface area contributed by atoms with E-state index in [-0.39, 0.29) is 18.3 Å². The van der Waals surface area contributed by atoms with Crippen molar-refractivity contribution < 1.29 is 14.9 Å². The van der Waals surface area contributed by atoms with Crippen molar-refractivity contribution >= 4 is 0 Å². The fourth-order valence-corrected chi connectivity index (χ4v) is 1.30. The van der Waals surface area contributed by atoms with Gasteiger partial charge < -0.3 is 20.7 Å². The minimum absolute atomic E-state index is 0.0730. The summed E-state index contributed by atoms with van der Waals surface area (Å²) in [6, 6.07) is 4.95. The Morgan fingerprint density at radius 2 is 2.21 bits per heavy atom. The van der Waals surface area contributed by atoms with Gasteiger partial charge in [0.2, 0.25) is 0 Å². The highest BCUT2D eigenvalue weighted by Crippen LogP contribution is 2.28. The van der Waals surface area contributed by atoms with Gasteiger partial charge in [-0.1, -0.05) is 6.07 Å². The van der Waals surface area contributed by atoms with Gasteiger partial charge in [-0.25, -0.2) is 0 Å². The van der Waals surface area contributed by atoms with E-state index in [2.05, 4.69) is 0 Å². The minimum Gasteiger partial charge on any atom is -0.508 e. The molecule has 0 aromatic heterocycles. The molecule has 0 radical (unpaired) electrons. The van der Waals surface area contributed by atoms with Crippen molar-refractivity contribution in [2.24, 2.45) is 5.73 Å². The molecule has 4 nitrogen and oxygen atoms in total. The first-order valence-corrected chi connectivity index (χ1v) is 4.40. The van der Waals surface area contributed by atoms with Crippen LogP contribution in [-0.4, -0.2) is 30.5 Å². The molecule has 78 valence electrons. The third-order valence-corrected chi connectivity index (χ3v) is 2.18. The molecule has 1 unspecified atom stereocenters. The van der Waals surface area contributed by atoms with Crippen LogP contribution in [0.15, 0.2) is 18.2 Å². The molecule has 1 atom stereocenters. The summed E-state index contributed by atoms with van der Waals surface area (Å²) in [5, 5.41) is 18.6. The molecule has 14 heavy (non-hydrogen) atoms. The molecule has 0 spiro atoms. The number of phenolic OH excluding ortho intramolecular Hbond substituents is 1. The van der Waals surface area contributed by atoms with Crippen LogP contribution in [0.1, 0.15) is 11.5 Å². The van der Waals surface area contributed by atoms with Gasteiger partial charge in [0.05, 0.1) is 13.7 Å². The molecule has 4 heteroatoms. The topological polar surface area (TPSA) is 75.7 Å². The van der Waals surface area contributed by atoms with Crippen LogP contribution in [0, 0.1) is 0 Å². The Morgan fingerprint density at radius 1 is 1.50 bits per heavy atom. The predicted octanol–water partition coefficient (Wildman–Crippen LogP) is 0.435. The van der Waals surface area contributed by atoms with E-state index in [1.807, 2.05) is 0 Å². The van der Waals surface area contributed by atoms with E-state index in [4.69, 9.17) is 15.6 Å². The first-order valence-electron chi connectivity index (χ1n) is 4.40. The summed E-state index contributed by atoms with van der Waals surface area (Å²) in [5.41, 5.74) is 6.10. The Morgan fingerprint density at radius 3 is 2.64 bits per heavy atom. The Kier molecular flexibility index (Phi) is 3.73. The monoisotopic (exact) mass is 197 g/mol. The average Bonchev–Trinajstić information content (AvgIpc) is 2.22. The summed E-state index contributed by atoms with van der Waals surface area (Å²) in [5.74, 6) is 0.467. The maximum Gasteiger partial charge on any atom is 0.122 e. The second kappa shape index (κ2) is 4.83. The summed E-state index contributed by atoms with van der Waals surface area (Å²) >= 11 is 0. The van der Waals surface area contributed by atoms with Gasteiger partial charge in [-0.3, -0.25) is 0 Å². The Balaban J connectivity index is 2.98. The largest absolute Gasteiger partial charge is 0.508 e. The quantitative estimate of drug-likeness (QED) is 0.654. The summed E-state index contributed by atoms with van der Waals surface area (Å²) in [7, 11) is 1.53. The number of benzene rings is 1. The number of hydrogen-bond acceptors (Lipinski definition) is 4. The van der Waals surface area contributed by atoms with Gasteiger partial charge in [0, 0.05) is 24.1 Å². The smallest absolute Gasteiger partial charge is 0.122 e. The molecule has 0 amide bonds. The molecule has 0 saturated carbocycles. The van der Waals surface area contributed by atoms with Crippen LogP contribution in [0.2, 0.25) is 0 Å². The SMILES string of the molecule is COc1ccc(C(CN)CO)c(O)c1. The van der Waals surface area contributed by atoms with Crippen molar-refractivity contribution in [3.8, 4) is 11.5 Å². The number of aliphatic hydroxyl groups excluding tert-OH is 1. The highest BCUT2D eigenvalue weighted by Gasteiger charge is 2.13. The summed E-state index contributed by atoms with van der Waals surface area (Å²) in [6.07, 6.45) is 0. The van der Waals surface area contributed by atoms with E-state index < -0.39 is 0 Å². The van der Waals surface area contributed by atoms with Crippen molar-refractivity contribution in [2.75, 3.05) is 20.3 Å². The molecule has 1 aromatic rings. The van der Waals surface area contributed by atoms with Crippen LogP contribution in [-0.2, 0) is 0 Å². The number of methoxy groups -OCH3 is 1. The van der Waals surface area contributed by atoms with Crippen LogP contribution in [0.3, 0.4) is 0 Å². The molecule has 1 aromatic carbocycles. The number of aromatic hydroxyl groups is 1. The van der Waals surface area contributed by atoms with E-state index in [0.717, 1.165) is 0 Å². The standard InChI is InChI=1S/C10H15NO3/c1-14-8-2-3-9(10(13)4-8)7(5-11)6-12/h2-4,7,12-13H,5-6,11H2,1H3. The molecule has 0 aliphatic heterocycles. The van der Waals surface area contributed by atoms with E-state index in [0.29, 0.717) is 17.9 Å². The fraction of sp³-hybridized carbons (Fsp3) is 0.400. The van der Waals surface area contributed by atoms with Crippen LogP contribution < -0.4 is 10.5 Å². The third-order valence-electron chi connectivity index (χ3n) is 2.18. The number of ether oxygens (including phenoxy) is 1. The number of phenols is 1. The highest BCUT2D eigenvalue weighted by molar-refractivity contribution is 5.41. The third kappa shape index (κ3) is 2.16. The van der Waals surface area contributed by atoms with E-state index in [1.165, 1.54) is 13.2 Å². The first-order chi connectivity index (χ1) is 6.72. The molecule has 0 heterocycles. The van der Waals surface area contributed by atoms with Gasteiger partial charge in [-0.15, -0.1) is 0 Å². The Hall–Kier alpha value is -1.26. The van der Waals surface area contributed by atoms with Crippen molar-refractivity contribution in [1.82, 2.24) is 0 Å². The minimum atomic E-state index is -0.221. The predicted molar refractivity (Wildman–Crippen MR) is 53.5 cm³/mol. The number of nitrogens with two attached hydrogens (primary N) is 1. The normalized spacial score (nSPS) is 12.5. The van der Waals surface area contributed by atoms with Crippen LogP contribution >= 0.6 is 0 Å². The van der Waals surface area contributed by atoms with Gasteiger partial charge in [-0.05, 0) is 6.07 Å². The summed E-state index contributed by atoms with van der Waals surface area (Å²) in [4.78, 5) is 0. The molecular weight excluding hydrogens is 182 g/mol. The first kappa shape index (κ1) is 10.8. The van der Waals surface area contributed by atoms with Gasteiger partial charge in [-0.2, -0.15) is 0 Å². The highest BCUT2D eigenvalue weighted by atomic mass is 16.5. The van der Waals surface area contributed by atoms with Crippen molar-refractivity contribution in [3.63, 3.8) is 0 Å². The van der Waals surface area contributed by atoms with Crippen LogP contribution in [0.5, 0.6) is 11.5 Å². The summed E-state index contributed by atoms with van der Waals surface area (Å²) in [6.45, 7) is 0.229. The van der Waals surface area contributed by atoms with Crippen LogP contribution in [0.4, 0.5) is 0 Å².